The first-order chi connectivity index (χ1) is 11.5. The molecular weight excluding hydrogens is 304 g/mol. The number of piperazine rings is 1. The van der Waals surface area contributed by atoms with Gasteiger partial charge in [0.1, 0.15) is 0 Å². The molecule has 1 fully saturated rings. The van der Waals surface area contributed by atoms with Crippen molar-refractivity contribution in [1.29, 1.82) is 0 Å². The first-order valence-corrected chi connectivity index (χ1v) is 8.44. The van der Waals surface area contributed by atoms with E-state index in [1.165, 1.54) is 0 Å². The highest BCUT2D eigenvalue weighted by molar-refractivity contribution is 5.82. The molecule has 3 rings (SSSR count). The lowest BCUT2D eigenvalue weighted by Crippen LogP contribution is -2.50. The lowest BCUT2D eigenvalue weighted by atomic mass is 10.1. The number of carbonyl (C=O) groups is 2. The summed E-state index contributed by atoms with van der Waals surface area (Å²) >= 11 is 0. The average molecular weight is 328 g/mol. The van der Waals surface area contributed by atoms with Crippen LogP contribution >= 0.6 is 0 Å². The van der Waals surface area contributed by atoms with Crippen LogP contribution in [-0.4, -0.2) is 57.3 Å². The van der Waals surface area contributed by atoms with E-state index in [1.807, 2.05) is 29.4 Å². The lowest BCUT2D eigenvalue weighted by Gasteiger charge is -2.34. The van der Waals surface area contributed by atoms with Crippen LogP contribution in [-0.2, 0) is 16.0 Å². The van der Waals surface area contributed by atoms with Crippen molar-refractivity contribution in [3.05, 3.63) is 30.1 Å². The van der Waals surface area contributed by atoms with Gasteiger partial charge in [-0.1, -0.05) is 6.07 Å². The highest BCUT2D eigenvalue weighted by Crippen LogP contribution is 2.19. The Morgan fingerprint density at radius 3 is 2.42 bits per heavy atom. The third-order valence-electron chi connectivity index (χ3n) is 4.63. The summed E-state index contributed by atoms with van der Waals surface area (Å²) in [6.07, 6.45) is 2.23. The van der Waals surface area contributed by atoms with Gasteiger partial charge in [-0.15, -0.1) is 0 Å². The van der Waals surface area contributed by atoms with Gasteiger partial charge in [-0.25, -0.2) is 4.98 Å². The van der Waals surface area contributed by atoms with Crippen LogP contribution in [0.2, 0.25) is 0 Å². The van der Waals surface area contributed by atoms with E-state index in [1.54, 1.807) is 11.8 Å². The van der Waals surface area contributed by atoms with Gasteiger partial charge in [0, 0.05) is 39.1 Å². The molecule has 0 spiro atoms. The van der Waals surface area contributed by atoms with Crippen LogP contribution in [0.1, 0.15) is 32.4 Å². The van der Waals surface area contributed by atoms with E-state index in [0.717, 1.165) is 16.6 Å². The number of aromatic nitrogens is 2. The van der Waals surface area contributed by atoms with Gasteiger partial charge in [-0.3, -0.25) is 9.59 Å². The molecule has 0 bridgehead atoms. The van der Waals surface area contributed by atoms with E-state index < -0.39 is 0 Å². The molecule has 1 aromatic carbocycles. The standard InChI is InChI=1S/C18H24N4O2/c1-13(2)22-12-19-16-10-15(4-5-17(16)22)11-18(24)21-8-6-20(7-9-21)14(3)23/h4-5,10,12-13H,6-9,11H2,1-3H3. The molecule has 1 aliphatic heterocycles. The van der Waals surface area contributed by atoms with Gasteiger partial charge in [-0.2, -0.15) is 0 Å². The SMILES string of the molecule is CC(=O)N1CCN(C(=O)Cc2ccc3c(c2)ncn3C(C)C)CC1. The smallest absolute Gasteiger partial charge is 0.227 e. The summed E-state index contributed by atoms with van der Waals surface area (Å²) in [7, 11) is 0. The van der Waals surface area contributed by atoms with Crippen LogP contribution in [0, 0.1) is 0 Å². The molecule has 2 heterocycles. The second-order valence-corrected chi connectivity index (χ2v) is 6.63. The maximum atomic E-state index is 12.5. The number of fused-ring (bicyclic) bond motifs is 1. The van der Waals surface area contributed by atoms with E-state index in [0.29, 0.717) is 38.6 Å². The first-order valence-electron chi connectivity index (χ1n) is 8.44. The number of benzene rings is 1. The molecule has 2 aromatic rings. The number of imidazole rings is 1. The molecular formula is C18H24N4O2. The fourth-order valence-corrected chi connectivity index (χ4v) is 3.16. The normalized spacial score (nSPS) is 15.3. The molecule has 6 nitrogen and oxygen atoms in total. The van der Waals surface area contributed by atoms with Crippen LogP contribution in [0.5, 0.6) is 0 Å². The summed E-state index contributed by atoms with van der Waals surface area (Å²) in [5.74, 6) is 0.189. The summed E-state index contributed by atoms with van der Waals surface area (Å²) in [4.78, 5) is 31.9. The van der Waals surface area contributed by atoms with Gasteiger partial charge >= 0.3 is 0 Å². The monoisotopic (exact) mass is 328 g/mol. The minimum atomic E-state index is 0.0771. The zero-order chi connectivity index (χ0) is 17.3. The molecule has 0 aliphatic carbocycles. The van der Waals surface area contributed by atoms with Gasteiger partial charge in [0.15, 0.2) is 0 Å². The lowest BCUT2D eigenvalue weighted by molar-refractivity contribution is -0.138. The largest absolute Gasteiger partial charge is 0.339 e. The predicted molar refractivity (Wildman–Crippen MR) is 92.7 cm³/mol. The summed E-state index contributed by atoms with van der Waals surface area (Å²) in [6.45, 7) is 8.30. The first kappa shape index (κ1) is 16.5. The molecule has 0 N–H and O–H groups in total. The van der Waals surface area contributed by atoms with Crippen molar-refractivity contribution in [2.75, 3.05) is 26.2 Å². The van der Waals surface area contributed by atoms with Crippen LogP contribution in [0.4, 0.5) is 0 Å². The quantitative estimate of drug-likeness (QED) is 0.864. The summed E-state index contributed by atoms with van der Waals surface area (Å²) < 4.78 is 2.13. The van der Waals surface area contributed by atoms with Crippen molar-refractivity contribution >= 4 is 22.8 Å². The Morgan fingerprint density at radius 1 is 1.12 bits per heavy atom. The topological polar surface area (TPSA) is 58.4 Å². The van der Waals surface area contributed by atoms with E-state index >= 15 is 0 Å². The van der Waals surface area contributed by atoms with Gasteiger partial charge in [0.2, 0.25) is 11.8 Å². The van der Waals surface area contributed by atoms with Crippen molar-refractivity contribution in [3.8, 4) is 0 Å². The van der Waals surface area contributed by atoms with Crippen LogP contribution in [0.15, 0.2) is 24.5 Å². The van der Waals surface area contributed by atoms with Gasteiger partial charge in [0.25, 0.3) is 0 Å². The highest BCUT2D eigenvalue weighted by atomic mass is 16.2. The molecule has 0 atom stereocenters. The molecule has 1 aromatic heterocycles. The number of carbonyl (C=O) groups excluding carboxylic acids is 2. The number of nitrogens with zero attached hydrogens (tertiary/aromatic N) is 4. The maximum Gasteiger partial charge on any atom is 0.227 e. The minimum Gasteiger partial charge on any atom is -0.339 e. The minimum absolute atomic E-state index is 0.0771. The number of hydrogen-bond acceptors (Lipinski definition) is 3. The zero-order valence-corrected chi connectivity index (χ0v) is 14.5. The number of hydrogen-bond donors (Lipinski definition) is 0. The Bertz CT molecular complexity index is 757. The van der Waals surface area contributed by atoms with Gasteiger partial charge in [0.05, 0.1) is 23.8 Å². The molecule has 6 heteroatoms. The number of amides is 2. The van der Waals surface area contributed by atoms with Gasteiger partial charge in [-0.05, 0) is 31.5 Å². The third-order valence-corrected chi connectivity index (χ3v) is 4.63. The van der Waals surface area contributed by atoms with Crippen LogP contribution < -0.4 is 0 Å². The van der Waals surface area contributed by atoms with Crippen molar-refractivity contribution in [3.63, 3.8) is 0 Å². The summed E-state index contributed by atoms with van der Waals surface area (Å²) in [5.41, 5.74) is 3.00. The Morgan fingerprint density at radius 2 is 1.79 bits per heavy atom. The Balaban J connectivity index is 1.67. The number of rotatable bonds is 3. The third kappa shape index (κ3) is 3.27. The van der Waals surface area contributed by atoms with Crippen molar-refractivity contribution in [2.24, 2.45) is 0 Å². The molecule has 0 saturated carbocycles. The molecule has 24 heavy (non-hydrogen) atoms. The van der Waals surface area contributed by atoms with E-state index in [9.17, 15) is 9.59 Å². The molecule has 0 unspecified atom stereocenters. The fourth-order valence-electron chi connectivity index (χ4n) is 3.16. The zero-order valence-electron chi connectivity index (χ0n) is 14.5. The van der Waals surface area contributed by atoms with Crippen molar-refractivity contribution < 1.29 is 9.59 Å². The van der Waals surface area contributed by atoms with E-state index in [2.05, 4.69) is 23.4 Å². The second-order valence-electron chi connectivity index (χ2n) is 6.63. The molecule has 128 valence electrons. The average Bonchev–Trinajstić information content (AvgIpc) is 2.98. The Labute approximate surface area is 142 Å². The van der Waals surface area contributed by atoms with Crippen LogP contribution in [0.25, 0.3) is 11.0 Å². The fraction of sp³-hybridized carbons (Fsp3) is 0.500. The van der Waals surface area contributed by atoms with E-state index in [-0.39, 0.29) is 11.8 Å². The molecule has 1 saturated heterocycles. The Hall–Kier alpha value is -2.37. The molecule has 0 radical (unpaired) electrons. The van der Waals surface area contributed by atoms with Gasteiger partial charge < -0.3 is 14.4 Å². The maximum absolute atomic E-state index is 12.5. The van der Waals surface area contributed by atoms with Crippen molar-refractivity contribution in [1.82, 2.24) is 19.4 Å². The summed E-state index contributed by atoms with van der Waals surface area (Å²) in [5, 5.41) is 0. The summed E-state index contributed by atoms with van der Waals surface area (Å²) in [6, 6.07) is 6.41. The van der Waals surface area contributed by atoms with Crippen LogP contribution in [0.3, 0.4) is 0 Å². The van der Waals surface area contributed by atoms with Crippen molar-refractivity contribution in [2.45, 2.75) is 33.2 Å². The predicted octanol–water partition coefficient (Wildman–Crippen LogP) is 1.85. The second kappa shape index (κ2) is 6.63. The molecule has 2 amide bonds. The highest BCUT2D eigenvalue weighted by Gasteiger charge is 2.22. The Kier molecular flexibility index (Phi) is 4.55. The molecule has 1 aliphatic rings. The van der Waals surface area contributed by atoms with E-state index in [4.69, 9.17) is 0 Å².